The van der Waals surface area contributed by atoms with Crippen LogP contribution in [-0.4, -0.2) is 36.1 Å². The van der Waals surface area contributed by atoms with Gasteiger partial charge >= 0.3 is 0 Å². The lowest BCUT2D eigenvalue weighted by molar-refractivity contribution is -0.122. The second kappa shape index (κ2) is 7.79. The van der Waals surface area contributed by atoms with Crippen molar-refractivity contribution in [3.05, 3.63) is 72.5 Å². The SMILES string of the molecule is CC(C)(C)N(C1CC(=O)N(c2ccc(F)cc2)C1=O)S(=O)(=O)c1ccc2ccccc2c1. The van der Waals surface area contributed by atoms with Crippen LogP contribution in [0.2, 0.25) is 0 Å². The van der Waals surface area contributed by atoms with Crippen LogP contribution in [0.25, 0.3) is 10.8 Å². The van der Waals surface area contributed by atoms with Crippen molar-refractivity contribution in [2.45, 2.75) is 43.7 Å². The molecule has 1 aliphatic heterocycles. The third-order valence-electron chi connectivity index (χ3n) is 5.43. The fourth-order valence-corrected chi connectivity index (χ4v) is 6.06. The van der Waals surface area contributed by atoms with Gasteiger partial charge in [0.25, 0.3) is 5.91 Å². The minimum atomic E-state index is -4.13. The second-order valence-corrected chi connectivity index (χ2v) is 10.6. The number of nitrogens with zero attached hydrogens (tertiary/aromatic N) is 2. The Morgan fingerprint density at radius 1 is 0.938 bits per heavy atom. The fourth-order valence-electron chi connectivity index (χ4n) is 4.10. The summed E-state index contributed by atoms with van der Waals surface area (Å²) in [6, 6.07) is 15.9. The lowest BCUT2D eigenvalue weighted by Gasteiger charge is -2.37. The third-order valence-corrected chi connectivity index (χ3v) is 7.60. The quantitative estimate of drug-likeness (QED) is 0.557. The summed E-state index contributed by atoms with van der Waals surface area (Å²) in [5.74, 6) is -1.69. The minimum Gasteiger partial charge on any atom is -0.274 e. The Kier molecular flexibility index (Phi) is 5.38. The Morgan fingerprint density at radius 3 is 2.19 bits per heavy atom. The molecule has 32 heavy (non-hydrogen) atoms. The zero-order chi connectivity index (χ0) is 23.3. The molecule has 1 saturated heterocycles. The Morgan fingerprint density at radius 2 is 1.56 bits per heavy atom. The molecular formula is C24H23FN2O4S. The summed E-state index contributed by atoms with van der Waals surface area (Å²) in [5, 5.41) is 1.65. The molecule has 0 N–H and O–H groups in total. The van der Waals surface area contributed by atoms with Crippen molar-refractivity contribution in [2.24, 2.45) is 0 Å². The molecular weight excluding hydrogens is 431 g/mol. The molecule has 2 amide bonds. The van der Waals surface area contributed by atoms with E-state index in [1.54, 1.807) is 32.9 Å². The number of hydrogen-bond donors (Lipinski definition) is 0. The second-order valence-electron chi connectivity index (χ2n) is 8.74. The van der Waals surface area contributed by atoms with Crippen LogP contribution in [0.5, 0.6) is 0 Å². The molecule has 0 spiro atoms. The van der Waals surface area contributed by atoms with Crippen LogP contribution in [0, 0.1) is 5.82 Å². The monoisotopic (exact) mass is 454 g/mol. The van der Waals surface area contributed by atoms with E-state index < -0.39 is 39.2 Å². The summed E-state index contributed by atoms with van der Waals surface area (Å²) in [7, 11) is -4.13. The molecule has 3 aromatic carbocycles. The number of fused-ring (bicyclic) bond motifs is 1. The van der Waals surface area contributed by atoms with E-state index in [1.807, 2.05) is 24.3 Å². The highest BCUT2D eigenvalue weighted by molar-refractivity contribution is 7.89. The molecule has 1 aliphatic rings. The lowest BCUT2D eigenvalue weighted by atomic mass is 10.1. The number of amides is 2. The molecule has 6 nitrogen and oxygen atoms in total. The molecule has 1 fully saturated rings. The zero-order valence-corrected chi connectivity index (χ0v) is 18.8. The Balaban J connectivity index is 1.77. The summed E-state index contributed by atoms with van der Waals surface area (Å²) >= 11 is 0. The van der Waals surface area contributed by atoms with Gasteiger partial charge in [-0.3, -0.25) is 9.59 Å². The van der Waals surface area contributed by atoms with Crippen molar-refractivity contribution < 1.29 is 22.4 Å². The van der Waals surface area contributed by atoms with Gasteiger partial charge in [-0.05, 0) is 67.9 Å². The summed E-state index contributed by atoms with van der Waals surface area (Å²) in [6.07, 6.45) is -0.291. The van der Waals surface area contributed by atoms with Gasteiger partial charge in [0.1, 0.15) is 11.9 Å². The first kappa shape index (κ1) is 22.1. The lowest BCUT2D eigenvalue weighted by Crippen LogP contribution is -2.54. The minimum absolute atomic E-state index is 0.0478. The number of rotatable bonds is 4. The van der Waals surface area contributed by atoms with Gasteiger partial charge in [-0.1, -0.05) is 30.3 Å². The smallest absolute Gasteiger partial charge is 0.252 e. The highest BCUT2D eigenvalue weighted by atomic mass is 32.2. The normalized spacial score (nSPS) is 17.5. The van der Waals surface area contributed by atoms with E-state index in [9.17, 15) is 22.4 Å². The van der Waals surface area contributed by atoms with Gasteiger partial charge in [-0.2, -0.15) is 4.31 Å². The van der Waals surface area contributed by atoms with Crippen LogP contribution in [0.15, 0.2) is 71.6 Å². The topological polar surface area (TPSA) is 74.8 Å². The molecule has 1 heterocycles. The first-order valence-electron chi connectivity index (χ1n) is 10.2. The maximum Gasteiger partial charge on any atom is 0.252 e. The molecule has 0 saturated carbocycles. The number of carbonyl (C=O) groups is 2. The van der Waals surface area contributed by atoms with Gasteiger partial charge in [-0.25, -0.2) is 17.7 Å². The highest BCUT2D eigenvalue weighted by Crippen LogP contribution is 2.35. The molecule has 166 valence electrons. The number of halogens is 1. The molecule has 3 aromatic rings. The maximum atomic E-state index is 13.7. The van der Waals surface area contributed by atoms with Gasteiger partial charge in [-0.15, -0.1) is 0 Å². The van der Waals surface area contributed by atoms with Gasteiger partial charge in [0.05, 0.1) is 17.0 Å². The van der Waals surface area contributed by atoms with Crippen molar-refractivity contribution in [3.8, 4) is 0 Å². The third kappa shape index (κ3) is 3.80. The van der Waals surface area contributed by atoms with E-state index in [0.717, 1.165) is 32.1 Å². The summed E-state index contributed by atoms with van der Waals surface area (Å²) < 4.78 is 41.9. The molecule has 0 radical (unpaired) electrons. The van der Waals surface area contributed by atoms with Gasteiger partial charge in [0.15, 0.2) is 0 Å². The first-order valence-corrected chi connectivity index (χ1v) is 11.6. The molecule has 1 unspecified atom stereocenters. The zero-order valence-electron chi connectivity index (χ0n) is 17.9. The van der Waals surface area contributed by atoms with E-state index >= 15 is 0 Å². The molecule has 1 atom stereocenters. The number of anilines is 1. The van der Waals surface area contributed by atoms with Crippen molar-refractivity contribution in [3.63, 3.8) is 0 Å². The first-order chi connectivity index (χ1) is 15.0. The predicted molar refractivity (Wildman–Crippen MR) is 120 cm³/mol. The maximum absolute atomic E-state index is 13.7. The van der Waals surface area contributed by atoms with E-state index in [2.05, 4.69) is 0 Å². The Hall–Kier alpha value is -3.10. The van der Waals surface area contributed by atoms with Crippen molar-refractivity contribution in [1.29, 1.82) is 0 Å². The number of hydrogen-bond acceptors (Lipinski definition) is 4. The van der Waals surface area contributed by atoms with Crippen LogP contribution < -0.4 is 4.90 Å². The van der Waals surface area contributed by atoms with Crippen LogP contribution in [0.3, 0.4) is 0 Å². The van der Waals surface area contributed by atoms with Crippen molar-refractivity contribution >= 4 is 38.3 Å². The molecule has 4 rings (SSSR count). The Bertz CT molecular complexity index is 1310. The van der Waals surface area contributed by atoms with Gasteiger partial charge in [0, 0.05) is 5.54 Å². The molecule has 0 aromatic heterocycles. The number of sulfonamides is 1. The van der Waals surface area contributed by atoms with Gasteiger partial charge < -0.3 is 0 Å². The van der Waals surface area contributed by atoms with Gasteiger partial charge in [0.2, 0.25) is 15.9 Å². The highest BCUT2D eigenvalue weighted by Gasteiger charge is 2.50. The van der Waals surface area contributed by atoms with Crippen molar-refractivity contribution in [2.75, 3.05) is 4.90 Å². The molecule has 0 aliphatic carbocycles. The molecule has 8 heteroatoms. The van der Waals surface area contributed by atoms with Crippen molar-refractivity contribution in [1.82, 2.24) is 4.31 Å². The van der Waals surface area contributed by atoms with E-state index in [1.165, 1.54) is 18.2 Å². The van der Waals surface area contributed by atoms with E-state index in [0.29, 0.717) is 0 Å². The summed E-state index contributed by atoms with van der Waals surface area (Å²) in [5.41, 5.74) is -0.773. The van der Waals surface area contributed by atoms with Crippen LogP contribution in [0.1, 0.15) is 27.2 Å². The van der Waals surface area contributed by atoms with Crippen LogP contribution in [0.4, 0.5) is 10.1 Å². The average Bonchev–Trinajstić information content (AvgIpc) is 3.00. The largest absolute Gasteiger partial charge is 0.274 e. The van der Waals surface area contributed by atoms with Crippen LogP contribution in [-0.2, 0) is 19.6 Å². The standard InChI is InChI=1S/C24H23FN2O4S/c1-24(2,3)27(32(30,31)20-13-8-16-6-4-5-7-17(16)14-20)21-15-22(28)26(23(21)29)19-11-9-18(25)10-12-19/h4-14,21H,15H2,1-3H3. The summed E-state index contributed by atoms with van der Waals surface area (Å²) in [6.45, 7) is 5.05. The number of imide groups is 1. The fraction of sp³-hybridized carbons (Fsp3) is 0.250. The molecule has 0 bridgehead atoms. The average molecular weight is 455 g/mol. The van der Waals surface area contributed by atoms with E-state index in [4.69, 9.17) is 0 Å². The Labute approximate surface area is 186 Å². The summed E-state index contributed by atoms with van der Waals surface area (Å²) in [4.78, 5) is 27.0. The number of benzene rings is 3. The number of carbonyl (C=O) groups excluding carboxylic acids is 2. The van der Waals surface area contributed by atoms with E-state index in [-0.39, 0.29) is 17.0 Å². The predicted octanol–water partition coefficient (Wildman–Crippen LogP) is 4.10. The van der Waals surface area contributed by atoms with Crippen LogP contribution >= 0.6 is 0 Å².